The van der Waals surface area contributed by atoms with E-state index in [0.717, 1.165) is 4.57 Å². The Bertz CT molecular complexity index is 386. The summed E-state index contributed by atoms with van der Waals surface area (Å²) in [5, 5.41) is 4.22. The van der Waals surface area contributed by atoms with Gasteiger partial charge in [-0.1, -0.05) is 0 Å². The molecule has 1 aromatic rings. The van der Waals surface area contributed by atoms with E-state index in [0.29, 0.717) is 0 Å². The van der Waals surface area contributed by atoms with Gasteiger partial charge in [-0.2, -0.15) is 0 Å². The fraction of sp³-hybridized carbons (Fsp3) is 0.571. The molecule has 0 radical (unpaired) electrons. The van der Waals surface area contributed by atoms with Crippen LogP contribution in [0.2, 0.25) is 0 Å². The van der Waals surface area contributed by atoms with E-state index in [2.05, 4.69) is 14.9 Å². The van der Waals surface area contributed by atoms with Crippen molar-refractivity contribution in [3.63, 3.8) is 0 Å². The van der Waals surface area contributed by atoms with Gasteiger partial charge in [-0.05, 0) is 6.92 Å². The molecule has 7 heteroatoms. The first kappa shape index (κ1) is 10.3. The van der Waals surface area contributed by atoms with Gasteiger partial charge in [-0.15, -0.1) is 0 Å². The number of ether oxygens (including phenoxy) is 1. The molecule has 0 saturated heterocycles. The third kappa shape index (κ3) is 2.35. The van der Waals surface area contributed by atoms with E-state index >= 15 is 0 Å². The molecule has 0 aliphatic rings. The molecular weight excluding hydrogens is 190 g/mol. The predicted molar refractivity (Wildman–Crippen MR) is 46.9 cm³/mol. The normalized spacial score (nSPS) is 10.1. The van der Waals surface area contributed by atoms with Crippen LogP contribution >= 0.6 is 0 Å². The van der Waals surface area contributed by atoms with Crippen molar-refractivity contribution in [2.75, 3.05) is 6.61 Å². The van der Waals surface area contributed by atoms with E-state index in [4.69, 9.17) is 0 Å². The van der Waals surface area contributed by atoms with Gasteiger partial charge in [0.25, 0.3) is 0 Å². The summed E-state index contributed by atoms with van der Waals surface area (Å²) >= 11 is 0. The van der Waals surface area contributed by atoms with Crippen LogP contribution in [0.1, 0.15) is 13.3 Å². The van der Waals surface area contributed by atoms with Crippen LogP contribution in [-0.2, 0) is 16.1 Å². The number of hydrogen-bond donors (Lipinski definition) is 2. The average Bonchev–Trinajstić information content (AvgIpc) is 2.44. The highest BCUT2D eigenvalue weighted by molar-refractivity contribution is 5.69. The van der Waals surface area contributed by atoms with Crippen LogP contribution in [-0.4, -0.2) is 27.3 Å². The van der Waals surface area contributed by atoms with E-state index in [-0.39, 0.29) is 19.6 Å². The number of aromatic nitrogens is 3. The number of carbonyl (C=O) groups is 1. The van der Waals surface area contributed by atoms with Crippen molar-refractivity contribution < 1.29 is 9.53 Å². The summed E-state index contributed by atoms with van der Waals surface area (Å²) in [7, 11) is 0. The average molecular weight is 201 g/mol. The molecule has 0 aliphatic heterocycles. The Kier molecular flexibility index (Phi) is 3.27. The van der Waals surface area contributed by atoms with Gasteiger partial charge in [0.15, 0.2) is 0 Å². The van der Waals surface area contributed by atoms with Gasteiger partial charge in [0.1, 0.15) is 0 Å². The first-order chi connectivity index (χ1) is 6.65. The summed E-state index contributed by atoms with van der Waals surface area (Å²) in [6.45, 7) is 2.00. The van der Waals surface area contributed by atoms with Gasteiger partial charge >= 0.3 is 17.3 Å². The third-order valence-electron chi connectivity index (χ3n) is 1.61. The molecule has 7 nitrogen and oxygen atoms in total. The molecule has 0 bridgehead atoms. The number of rotatable bonds is 4. The lowest BCUT2D eigenvalue weighted by Crippen LogP contribution is -2.27. The smallest absolute Gasteiger partial charge is 0.344 e. The minimum atomic E-state index is -0.556. The molecule has 0 spiro atoms. The van der Waals surface area contributed by atoms with Crippen LogP contribution in [0, 0.1) is 0 Å². The Morgan fingerprint density at radius 3 is 2.43 bits per heavy atom. The van der Waals surface area contributed by atoms with Gasteiger partial charge in [-0.3, -0.25) is 4.79 Å². The summed E-state index contributed by atoms with van der Waals surface area (Å²) < 4.78 is 5.54. The maximum absolute atomic E-state index is 10.9. The SMILES string of the molecule is CCOC(=O)CCn1c(=O)[nH][nH]c1=O. The second-order valence-corrected chi connectivity index (χ2v) is 2.57. The van der Waals surface area contributed by atoms with Crippen LogP contribution in [0.4, 0.5) is 0 Å². The highest BCUT2D eigenvalue weighted by atomic mass is 16.5. The van der Waals surface area contributed by atoms with E-state index < -0.39 is 17.3 Å². The maximum atomic E-state index is 10.9. The Labute approximate surface area is 78.7 Å². The molecule has 2 N–H and O–H groups in total. The largest absolute Gasteiger partial charge is 0.466 e. The van der Waals surface area contributed by atoms with Crippen molar-refractivity contribution in [1.29, 1.82) is 0 Å². The fourth-order valence-electron chi connectivity index (χ4n) is 0.973. The summed E-state index contributed by atoms with van der Waals surface area (Å²) in [5.74, 6) is -0.431. The van der Waals surface area contributed by atoms with Gasteiger partial charge in [0, 0.05) is 6.54 Å². The Balaban J connectivity index is 2.58. The molecular formula is C7H11N3O4. The number of nitrogens with one attached hydrogen (secondary N) is 2. The van der Waals surface area contributed by atoms with Gasteiger partial charge < -0.3 is 4.74 Å². The number of nitrogens with zero attached hydrogens (tertiary/aromatic N) is 1. The van der Waals surface area contributed by atoms with Crippen LogP contribution in [0.5, 0.6) is 0 Å². The first-order valence-electron chi connectivity index (χ1n) is 4.18. The van der Waals surface area contributed by atoms with Crippen molar-refractivity contribution in [3.05, 3.63) is 21.0 Å². The molecule has 1 aromatic heterocycles. The molecule has 0 atom stereocenters. The monoisotopic (exact) mass is 201 g/mol. The number of hydrogen-bond acceptors (Lipinski definition) is 4. The topological polar surface area (TPSA) is 96.9 Å². The number of esters is 1. The molecule has 0 amide bonds. The van der Waals surface area contributed by atoms with E-state index in [9.17, 15) is 14.4 Å². The Morgan fingerprint density at radius 1 is 1.36 bits per heavy atom. The van der Waals surface area contributed by atoms with E-state index in [1.807, 2.05) is 0 Å². The van der Waals surface area contributed by atoms with Crippen molar-refractivity contribution in [3.8, 4) is 0 Å². The molecule has 78 valence electrons. The predicted octanol–water partition coefficient (Wildman–Crippen LogP) is -1.18. The highest BCUT2D eigenvalue weighted by Crippen LogP contribution is 1.87. The molecule has 0 saturated carbocycles. The van der Waals surface area contributed by atoms with E-state index in [1.54, 1.807) is 6.92 Å². The fourth-order valence-corrected chi connectivity index (χ4v) is 0.973. The lowest BCUT2D eigenvalue weighted by Gasteiger charge is -2.00. The van der Waals surface area contributed by atoms with E-state index in [1.165, 1.54) is 0 Å². The van der Waals surface area contributed by atoms with Gasteiger partial charge in [-0.25, -0.2) is 24.4 Å². The molecule has 1 rings (SSSR count). The second kappa shape index (κ2) is 4.45. The molecule has 1 heterocycles. The molecule has 0 fully saturated rings. The first-order valence-corrected chi connectivity index (χ1v) is 4.18. The number of carbonyl (C=O) groups excluding carboxylic acids is 1. The van der Waals surface area contributed by atoms with Crippen LogP contribution in [0.15, 0.2) is 9.59 Å². The molecule has 0 unspecified atom stereocenters. The van der Waals surface area contributed by atoms with Crippen LogP contribution in [0.25, 0.3) is 0 Å². The van der Waals surface area contributed by atoms with Crippen molar-refractivity contribution in [1.82, 2.24) is 14.8 Å². The second-order valence-electron chi connectivity index (χ2n) is 2.57. The minimum absolute atomic E-state index is 0.00861. The zero-order valence-electron chi connectivity index (χ0n) is 7.70. The Hall–Kier alpha value is -1.79. The van der Waals surface area contributed by atoms with Gasteiger partial charge in [0.05, 0.1) is 13.0 Å². The standard InChI is InChI=1S/C7H11N3O4/c1-2-14-5(11)3-4-10-6(12)8-9-7(10)13/h2-4H2,1H3,(H,8,12)(H,9,13). The van der Waals surface area contributed by atoms with Gasteiger partial charge in [0.2, 0.25) is 0 Å². The summed E-state index contributed by atoms with van der Waals surface area (Å²) in [6, 6.07) is 0. The van der Waals surface area contributed by atoms with Crippen molar-refractivity contribution in [2.24, 2.45) is 0 Å². The lowest BCUT2D eigenvalue weighted by molar-refractivity contribution is -0.143. The summed E-state index contributed by atoms with van der Waals surface area (Å²) in [6.07, 6.45) is 0.00861. The van der Waals surface area contributed by atoms with Crippen molar-refractivity contribution >= 4 is 5.97 Å². The third-order valence-corrected chi connectivity index (χ3v) is 1.61. The minimum Gasteiger partial charge on any atom is -0.466 e. The zero-order valence-corrected chi connectivity index (χ0v) is 7.70. The number of H-pyrrole nitrogens is 2. The lowest BCUT2D eigenvalue weighted by atomic mass is 10.4. The Morgan fingerprint density at radius 2 is 1.93 bits per heavy atom. The summed E-state index contributed by atoms with van der Waals surface area (Å²) in [4.78, 5) is 32.8. The quantitative estimate of drug-likeness (QED) is 0.599. The van der Waals surface area contributed by atoms with Crippen molar-refractivity contribution in [2.45, 2.75) is 19.9 Å². The number of aromatic amines is 2. The highest BCUT2D eigenvalue weighted by Gasteiger charge is 2.06. The summed E-state index contributed by atoms with van der Waals surface area (Å²) in [5.41, 5.74) is -1.11. The molecule has 14 heavy (non-hydrogen) atoms. The van der Waals surface area contributed by atoms with Crippen LogP contribution in [0.3, 0.4) is 0 Å². The van der Waals surface area contributed by atoms with Crippen LogP contribution < -0.4 is 11.4 Å². The molecule has 0 aromatic carbocycles. The zero-order chi connectivity index (χ0) is 10.6. The maximum Gasteiger partial charge on any atom is 0.344 e. The molecule has 0 aliphatic carbocycles.